The zero-order valence-corrected chi connectivity index (χ0v) is 35.0. The lowest BCUT2D eigenvalue weighted by Gasteiger charge is -2.13. The predicted octanol–water partition coefficient (Wildman–Crippen LogP) is 16.0. The second-order valence-corrected chi connectivity index (χ2v) is 17.6. The number of hydrogen-bond acceptors (Lipinski definition) is 5. The van der Waals surface area contributed by atoms with Crippen LogP contribution < -0.4 is 0 Å². The van der Waals surface area contributed by atoms with Crippen LogP contribution in [0.1, 0.15) is 6.85 Å². The van der Waals surface area contributed by atoms with Crippen molar-refractivity contribution in [2.75, 3.05) is 0 Å². The lowest BCUT2D eigenvalue weighted by molar-refractivity contribution is 1.07. The molecule has 13 rings (SSSR count). The van der Waals surface area contributed by atoms with E-state index in [1.807, 2.05) is 36.4 Å². The van der Waals surface area contributed by atoms with Crippen molar-refractivity contribution in [1.29, 1.82) is 0 Å². The van der Waals surface area contributed by atoms with Gasteiger partial charge in [0.1, 0.15) is 0 Å². The second kappa shape index (κ2) is 14.4. The molecule has 0 saturated carbocycles. The fourth-order valence-electron chi connectivity index (χ4n) is 9.09. The molecule has 0 unspecified atom stereocenters. The van der Waals surface area contributed by atoms with E-state index in [1.165, 1.54) is 20.2 Å². The number of benzene rings is 9. The Bertz CT molecular complexity index is 4190. The first-order valence-corrected chi connectivity index (χ1v) is 22.3. The normalized spacial score (nSPS) is 12.9. The minimum atomic E-state index is -0.481. The van der Waals surface area contributed by atoms with E-state index in [0.29, 0.717) is 17.2 Å². The van der Waals surface area contributed by atoms with Gasteiger partial charge in [0, 0.05) is 68.8 Å². The van der Waals surface area contributed by atoms with E-state index < -0.39 is 18.1 Å². The Morgan fingerprint density at radius 1 is 0.381 bits per heavy atom. The number of thiophene rings is 2. The molecule has 0 aliphatic rings. The zero-order chi connectivity index (χ0) is 45.8. The molecule has 4 heterocycles. The van der Waals surface area contributed by atoms with Crippen molar-refractivity contribution in [2.45, 2.75) is 0 Å². The Hall–Kier alpha value is -7.77. The molecule has 0 amide bonds. The number of rotatable bonds is 6. The van der Waals surface area contributed by atoms with Crippen LogP contribution >= 0.6 is 22.7 Å². The summed E-state index contributed by atoms with van der Waals surface area (Å²) < 4.78 is 50.4. The van der Waals surface area contributed by atoms with E-state index in [1.54, 1.807) is 22.7 Å². The lowest BCUT2D eigenvalue weighted by atomic mass is 9.97. The molecule has 0 N–H and O–H groups in total. The van der Waals surface area contributed by atoms with Gasteiger partial charge in [0.2, 0.25) is 0 Å². The summed E-state index contributed by atoms with van der Waals surface area (Å²) in [6.45, 7) is 0. The highest BCUT2D eigenvalue weighted by molar-refractivity contribution is 7.27. The third kappa shape index (κ3) is 5.83. The van der Waals surface area contributed by atoms with E-state index >= 15 is 0 Å². The minimum absolute atomic E-state index is 0.00668. The highest BCUT2D eigenvalue weighted by atomic mass is 32.1. The average Bonchev–Trinajstić information content (AvgIpc) is 4.08. The van der Waals surface area contributed by atoms with Gasteiger partial charge in [-0.25, -0.2) is 15.0 Å². The maximum absolute atomic E-state index is 9.02. The van der Waals surface area contributed by atoms with Crippen LogP contribution in [0.4, 0.5) is 0 Å². The van der Waals surface area contributed by atoms with Crippen LogP contribution in [-0.2, 0) is 0 Å². The standard InChI is InChI=1S/C57H34N4S2/c1-4-16-35(17-5-1)38-22-14-23-39(32-38)41-26-15-27-45-47-33-40(61-49-28-12-10-24-42(49)44-30-31-46-43-25-11-13-29-50(43)62-54(46)51(44)61)34-48(53(47)63-52(41)45)57-59-55(36-18-6-2-7-19-36)58-56(60-57)37-20-8-3-9-21-37/h1-34H/i2D,6D,7D,18D,19D. The van der Waals surface area contributed by atoms with E-state index in [4.69, 9.17) is 21.8 Å². The first-order valence-electron chi connectivity index (χ1n) is 23.2. The summed E-state index contributed by atoms with van der Waals surface area (Å²) in [5.41, 5.74) is 8.86. The summed E-state index contributed by atoms with van der Waals surface area (Å²) in [4.78, 5) is 15.2. The van der Waals surface area contributed by atoms with Gasteiger partial charge < -0.3 is 4.57 Å². The molecule has 63 heavy (non-hydrogen) atoms. The summed E-state index contributed by atoms with van der Waals surface area (Å²) >= 11 is 3.47. The van der Waals surface area contributed by atoms with Crippen molar-refractivity contribution >= 4 is 84.8 Å². The van der Waals surface area contributed by atoms with Crippen LogP contribution in [0.15, 0.2) is 206 Å². The first kappa shape index (κ1) is 31.1. The largest absolute Gasteiger partial charge is 0.308 e. The van der Waals surface area contributed by atoms with Gasteiger partial charge in [-0.3, -0.25) is 0 Å². The molecule has 0 fully saturated rings. The number of fused-ring (bicyclic) bond motifs is 10. The Morgan fingerprint density at radius 3 is 1.84 bits per heavy atom. The minimum Gasteiger partial charge on any atom is -0.308 e. The van der Waals surface area contributed by atoms with Gasteiger partial charge in [-0.2, -0.15) is 0 Å². The van der Waals surface area contributed by atoms with Crippen LogP contribution in [-0.4, -0.2) is 19.5 Å². The molecule has 9 aromatic carbocycles. The van der Waals surface area contributed by atoms with Crippen molar-refractivity contribution in [1.82, 2.24) is 19.5 Å². The Balaban J connectivity index is 1.16. The smallest absolute Gasteiger partial charge is 0.165 e. The van der Waals surface area contributed by atoms with Gasteiger partial charge in [0.25, 0.3) is 0 Å². The third-order valence-corrected chi connectivity index (χ3v) is 14.4. The van der Waals surface area contributed by atoms with Crippen molar-refractivity contribution in [3.8, 4) is 62.1 Å². The van der Waals surface area contributed by atoms with Gasteiger partial charge in [-0.15, -0.1) is 22.7 Å². The summed E-state index contributed by atoms with van der Waals surface area (Å²) in [6.07, 6.45) is 0. The molecular formula is C57H34N4S2. The number of hydrogen-bond donors (Lipinski definition) is 0. The van der Waals surface area contributed by atoms with Crippen molar-refractivity contribution in [3.05, 3.63) is 206 Å². The van der Waals surface area contributed by atoms with Gasteiger partial charge in [-0.1, -0.05) is 176 Å². The predicted molar refractivity (Wildman–Crippen MR) is 267 cm³/mol. The van der Waals surface area contributed by atoms with Crippen LogP contribution in [0.2, 0.25) is 0 Å². The summed E-state index contributed by atoms with van der Waals surface area (Å²) in [6, 6.07) is 59.0. The molecule has 0 atom stereocenters. The first-order chi connectivity index (χ1) is 33.3. The van der Waals surface area contributed by atoms with Crippen molar-refractivity contribution in [2.24, 2.45) is 0 Å². The Morgan fingerprint density at radius 2 is 1.00 bits per heavy atom. The SMILES string of the molecule is [2H]c1c([2H])c([2H])c(-c2nc(-c3ccccc3)nc(-c3cc(-n4c5ccccc5c5ccc6c7ccccc7sc6c54)cc4c3sc3c(-c5cccc(-c6ccccc6)c5)cccc34)n2)c([2H])c1[2H]. The molecule has 0 bridgehead atoms. The van der Waals surface area contributed by atoms with Crippen LogP contribution in [0.25, 0.3) is 124 Å². The molecule has 13 aromatic rings. The highest BCUT2D eigenvalue weighted by Crippen LogP contribution is 2.48. The van der Waals surface area contributed by atoms with Gasteiger partial charge >= 0.3 is 0 Å². The molecular weight excluding hydrogens is 805 g/mol. The fraction of sp³-hybridized carbons (Fsp3) is 0. The summed E-state index contributed by atoms with van der Waals surface area (Å²) in [5, 5.41) is 6.78. The molecule has 0 radical (unpaired) electrons. The summed E-state index contributed by atoms with van der Waals surface area (Å²) in [5.74, 6) is 0.631. The summed E-state index contributed by atoms with van der Waals surface area (Å²) in [7, 11) is 0. The maximum atomic E-state index is 9.02. The Kier molecular flexibility index (Phi) is 7.13. The monoisotopic (exact) mass is 843 g/mol. The van der Waals surface area contributed by atoms with Crippen molar-refractivity contribution < 1.29 is 6.85 Å². The van der Waals surface area contributed by atoms with E-state index in [0.717, 1.165) is 75.5 Å². The highest BCUT2D eigenvalue weighted by Gasteiger charge is 2.23. The van der Waals surface area contributed by atoms with Gasteiger partial charge in [-0.05, 0) is 52.6 Å². The zero-order valence-electron chi connectivity index (χ0n) is 38.3. The topological polar surface area (TPSA) is 43.6 Å². The Labute approximate surface area is 377 Å². The molecule has 0 spiro atoms. The molecule has 4 nitrogen and oxygen atoms in total. The maximum Gasteiger partial charge on any atom is 0.165 e. The lowest BCUT2D eigenvalue weighted by Crippen LogP contribution is -2.01. The van der Waals surface area contributed by atoms with E-state index in [-0.39, 0.29) is 23.5 Å². The fourth-order valence-corrected chi connectivity index (χ4v) is 11.7. The molecule has 0 aliphatic carbocycles. The van der Waals surface area contributed by atoms with Gasteiger partial charge in [0.15, 0.2) is 17.5 Å². The molecule has 6 heteroatoms. The molecule has 4 aromatic heterocycles. The third-order valence-electron chi connectivity index (χ3n) is 11.9. The van der Waals surface area contributed by atoms with Crippen LogP contribution in [0, 0.1) is 0 Å². The second-order valence-electron chi connectivity index (χ2n) is 15.6. The van der Waals surface area contributed by atoms with Gasteiger partial charge in [0.05, 0.1) is 22.6 Å². The van der Waals surface area contributed by atoms with E-state index in [2.05, 4.69) is 144 Å². The molecule has 0 aliphatic heterocycles. The number of aromatic nitrogens is 4. The molecule has 0 saturated heterocycles. The number of nitrogens with zero attached hydrogens (tertiary/aromatic N) is 4. The quantitative estimate of drug-likeness (QED) is 0.167. The number of para-hydroxylation sites is 1. The average molecular weight is 844 g/mol. The van der Waals surface area contributed by atoms with E-state index in [9.17, 15) is 0 Å². The molecule has 294 valence electrons. The van der Waals surface area contributed by atoms with Crippen molar-refractivity contribution in [3.63, 3.8) is 0 Å². The van der Waals surface area contributed by atoms with Crippen LogP contribution in [0.3, 0.4) is 0 Å². The van der Waals surface area contributed by atoms with Crippen LogP contribution in [0.5, 0.6) is 0 Å².